The van der Waals surface area contributed by atoms with E-state index in [2.05, 4.69) is 25.3 Å². The molecule has 0 aliphatic heterocycles. The van der Waals surface area contributed by atoms with Crippen LogP contribution in [0.25, 0.3) is 45.1 Å². The van der Waals surface area contributed by atoms with Crippen LogP contribution in [0.15, 0.2) is 65.5 Å². The molecule has 0 fully saturated rings. The van der Waals surface area contributed by atoms with Gasteiger partial charge < -0.3 is 19.7 Å². The fourth-order valence-corrected chi connectivity index (χ4v) is 3.80. The Kier molecular flexibility index (Phi) is 3.75. The number of aromatic hydroxyl groups is 1. The van der Waals surface area contributed by atoms with Gasteiger partial charge in [0.1, 0.15) is 22.6 Å². The number of phenols is 1. The van der Waals surface area contributed by atoms with Crippen LogP contribution < -0.4 is 5.73 Å². The Morgan fingerprint density at radius 2 is 2.00 bits per heavy atom. The second kappa shape index (κ2) is 6.64. The van der Waals surface area contributed by atoms with Crippen LogP contribution in [0.5, 0.6) is 5.75 Å². The maximum Gasteiger partial charge on any atom is 0.222 e. The van der Waals surface area contributed by atoms with Gasteiger partial charge in [0.25, 0.3) is 0 Å². The molecule has 32 heavy (non-hydrogen) atoms. The maximum atomic E-state index is 9.82. The number of phenolic OH excluding ortho intramolecular Hbond substituents is 1. The first-order chi connectivity index (χ1) is 15.6. The van der Waals surface area contributed by atoms with Crippen molar-refractivity contribution in [1.29, 1.82) is 0 Å². The fourth-order valence-electron chi connectivity index (χ4n) is 3.80. The van der Waals surface area contributed by atoms with Crippen LogP contribution >= 0.6 is 0 Å². The van der Waals surface area contributed by atoms with Crippen molar-refractivity contribution in [3.63, 3.8) is 0 Å². The van der Waals surface area contributed by atoms with Gasteiger partial charge in [-0.05, 0) is 43.3 Å². The molecule has 0 amide bonds. The Morgan fingerprint density at radius 1 is 1.09 bits per heavy atom. The van der Waals surface area contributed by atoms with Gasteiger partial charge in [-0.15, -0.1) is 5.10 Å². The third-order valence-electron chi connectivity index (χ3n) is 5.27. The van der Waals surface area contributed by atoms with E-state index in [-0.39, 0.29) is 11.7 Å². The number of hydrogen-bond acceptors (Lipinski definition) is 8. The highest BCUT2D eigenvalue weighted by Crippen LogP contribution is 2.36. The Bertz CT molecular complexity index is 1610. The van der Waals surface area contributed by atoms with E-state index < -0.39 is 0 Å². The molecule has 0 radical (unpaired) electrons. The standard InChI is InChI=1S/C22H16N8O2/c1-12-10-24-18-7-4-13(11-29(12)18)19-20(17-3-2-8-32-17)25-22(23)26-21(19)30-16-6-5-14(31)9-15(16)27-28-30/h2-11,31H,1H3,(H2,23,25,26). The summed E-state index contributed by atoms with van der Waals surface area (Å²) in [5.41, 5.74) is 11.1. The fraction of sp³-hybridized carbons (Fsp3) is 0.0455. The SMILES string of the molecule is Cc1cnc2ccc(-c3c(-c4ccco4)nc(N)nc3-n3nnc4cc(O)ccc43)cn12. The van der Waals surface area contributed by atoms with Gasteiger partial charge in [0.05, 0.1) is 17.3 Å². The molecule has 5 heterocycles. The largest absolute Gasteiger partial charge is 0.508 e. The molecule has 0 atom stereocenters. The number of anilines is 1. The monoisotopic (exact) mass is 424 g/mol. The molecule has 0 bridgehead atoms. The Labute approximate surface area is 180 Å². The summed E-state index contributed by atoms with van der Waals surface area (Å²) < 4.78 is 9.23. The number of benzene rings is 1. The average molecular weight is 424 g/mol. The van der Waals surface area contributed by atoms with Crippen LogP contribution in [0.3, 0.4) is 0 Å². The second-order valence-electron chi connectivity index (χ2n) is 7.33. The number of hydrogen-bond donors (Lipinski definition) is 2. The zero-order valence-corrected chi connectivity index (χ0v) is 16.8. The van der Waals surface area contributed by atoms with E-state index in [1.807, 2.05) is 41.9 Å². The normalized spacial score (nSPS) is 11.5. The van der Waals surface area contributed by atoms with Crippen molar-refractivity contribution >= 4 is 22.6 Å². The minimum Gasteiger partial charge on any atom is -0.508 e. The van der Waals surface area contributed by atoms with E-state index in [1.54, 1.807) is 29.1 Å². The predicted molar refractivity (Wildman–Crippen MR) is 117 cm³/mol. The first-order valence-corrected chi connectivity index (χ1v) is 9.79. The number of pyridine rings is 1. The lowest BCUT2D eigenvalue weighted by molar-refractivity contribution is 0.476. The van der Waals surface area contributed by atoms with Crippen molar-refractivity contribution in [2.24, 2.45) is 0 Å². The number of nitrogens with two attached hydrogens (primary N) is 1. The van der Waals surface area contributed by atoms with Gasteiger partial charge in [0, 0.05) is 29.7 Å². The summed E-state index contributed by atoms with van der Waals surface area (Å²) in [6.45, 7) is 1.98. The number of nitrogens with zero attached hydrogens (tertiary/aromatic N) is 7. The number of nitrogen functional groups attached to an aromatic ring is 1. The number of rotatable bonds is 3. The molecular formula is C22H16N8O2. The third kappa shape index (κ3) is 2.70. The van der Waals surface area contributed by atoms with Gasteiger partial charge in [0.15, 0.2) is 11.6 Å². The lowest BCUT2D eigenvalue weighted by Gasteiger charge is -2.14. The van der Waals surface area contributed by atoms with Crippen molar-refractivity contribution in [1.82, 2.24) is 34.3 Å². The highest BCUT2D eigenvalue weighted by molar-refractivity contribution is 5.87. The van der Waals surface area contributed by atoms with Gasteiger partial charge >= 0.3 is 0 Å². The second-order valence-corrected chi connectivity index (χ2v) is 7.33. The highest BCUT2D eigenvalue weighted by atomic mass is 16.3. The van der Waals surface area contributed by atoms with E-state index in [0.717, 1.165) is 16.9 Å². The molecule has 6 aromatic rings. The third-order valence-corrected chi connectivity index (χ3v) is 5.27. The van der Waals surface area contributed by atoms with Crippen LogP contribution in [0.1, 0.15) is 5.69 Å². The van der Waals surface area contributed by atoms with Crippen molar-refractivity contribution < 1.29 is 9.52 Å². The molecular weight excluding hydrogens is 408 g/mol. The molecule has 0 aliphatic carbocycles. The summed E-state index contributed by atoms with van der Waals surface area (Å²) in [6, 6.07) is 12.3. The molecule has 0 saturated carbocycles. The zero-order valence-electron chi connectivity index (χ0n) is 16.8. The van der Waals surface area contributed by atoms with Crippen molar-refractivity contribution in [3.05, 3.63) is 66.8 Å². The maximum absolute atomic E-state index is 9.82. The molecule has 10 heteroatoms. The van der Waals surface area contributed by atoms with Gasteiger partial charge in [-0.1, -0.05) is 5.21 Å². The van der Waals surface area contributed by atoms with Crippen LogP contribution in [0.2, 0.25) is 0 Å². The van der Waals surface area contributed by atoms with E-state index in [4.69, 9.17) is 10.2 Å². The smallest absolute Gasteiger partial charge is 0.222 e. The molecule has 0 saturated heterocycles. The molecule has 0 unspecified atom stereocenters. The van der Waals surface area contributed by atoms with Crippen molar-refractivity contribution in [2.45, 2.75) is 6.92 Å². The van der Waals surface area contributed by atoms with Crippen LogP contribution in [0.4, 0.5) is 5.95 Å². The minimum absolute atomic E-state index is 0.0671. The lowest BCUT2D eigenvalue weighted by atomic mass is 10.0. The van der Waals surface area contributed by atoms with Crippen molar-refractivity contribution in [2.75, 3.05) is 5.73 Å². The van der Waals surface area contributed by atoms with Gasteiger partial charge in [-0.2, -0.15) is 9.67 Å². The zero-order chi connectivity index (χ0) is 21.8. The van der Waals surface area contributed by atoms with Crippen molar-refractivity contribution in [3.8, 4) is 34.1 Å². The topological polar surface area (TPSA) is 133 Å². The Balaban J connectivity index is 1.71. The number of furan rings is 1. The van der Waals surface area contributed by atoms with Gasteiger partial charge in [0.2, 0.25) is 5.95 Å². The van der Waals surface area contributed by atoms with E-state index in [0.29, 0.717) is 33.9 Å². The molecule has 0 spiro atoms. The minimum atomic E-state index is 0.0671. The molecule has 5 aromatic heterocycles. The molecule has 10 nitrogen and oxygen atoms in total. The molecule has 0 aliphatic rings. The quantitative estimate of drug-likeness (QED) is 0.442. The highest BCUT2D eigenvalue weighted by Gasteiger charge is 2.23. The summed E-state index contributed by atoms with van der Waals surface area (Å²) >= 11 is 0. The first kappa shape index (κ1) is 18.1. The summed E-state index contributed by atoms with van der Waals surface area (Å²) in [7, 11) is 0. The summed E-state index contributed by atoms with van der Waals surface area (Å²) in [4.78, 5) is 13.4. The van der Waals surface area contributed by atoms with E-state index in [9.17, 15) is 5.11 Å². The summed E-state index contributed by atoms with van der Waals surface area (Å²) in [5, 5.41) is 18.3. The summed E-state index contributed by atoms with van der Waals surface area (Å²) in [5.74, 6) is 1.15. The van der Waals surface area contributed by atoms with Crippen LogP contribution in [-0.4, -0.2) is 39.5 Å². The number of imidazole rings is 1. The van der Waals surface area contributed by atoms with Crippen LogP contribution in [0, 0.1) is 6.92 Å². The number of aryl methyl sites for hydroxylation is 1. The Hall–Kier alpha value is -4.73. The van der Waals surface area contributed by atoms with E-state index >= 15 is 0 Å². The average Bonchev–Trinajstić information content (AvgIpc) is 3.53. The molecule has 156 valence electrons. The first-order valence-electron chi connectivity index (χ1n) is 9.79. The predicted octanol–water partition coefficient (Wildman–Crippen LogP) is 3.38. The summed E-state index contributed by atoms with van der Waals surface area (Å²) in [6.07, 6.45) is 5.35. The number of fused-ring (bicyclic) bond motifs is 2. The number of aromatic nitrogens is 7. The Morgan fingerprint density at radius 3 is 2.84 bits per heavy atom. The molecule has 3 N–H and O–H groups in total. The van der Waals surface area contributed by atoms with Gasteiger partial charge in [-0.3, -0.25) is 0 Å². The van der Waals surface area contributed by atoms with E-state index in [1.165, 1.54) is 6.07 Å². The molecule has 1 aromatic carbocycles. The van der Waals surface area contributed by atoms with Crippen LogP contribution in [-0.2, 0) is 0 Å². The van der Waals surface area contributed by atoms with Gasteiger partial charge in [-0.25, -0.2) is 9.97 Å². The molecule has 6 rings (SSSR count). The lowest BCUT2D eigenvalue weighted by Crippen LogP contribution is -2.09.